The third-order valence-corrected chi connectivity index (χ3v) is 6.95. The maximum absolute atomic E-state index is 14.0. The van der Waals surface area contributed by atoms with Crippen LogP contribution in [0.4, 0.5) is 8.78 Å². The van der Waals surface area contributed by atoms with Crippen LogP contribution in [0.5, 0.6) is 5.75 Å². The van der Waals surface area contributed by atoms with Crippen molar-refractivity contribution in [2.24, 2.45) is 0 Å². The van der Waals surface area contributed by atoms with Crippen LogP contribution in [0.2, 0.25) is 0 Å². The summed E-state index contributed by atoms with van der Waals surface area (Å²) in [6, 6.07) is 9.70. The molecule has 1 aromatic heterocycles. The number of ether oxygens (including phenoxy) is 1. The molecule has 1 fully saturated rings. The fourth-order valence-electron chi connectivity index (χ4n) is 3.32. The van der Waals surface area contributed by atoms with E-state index in [0.29, 0.717) is 37.4 Å². The van der Waals surface area contributed by atoms with Crippen molar-refractivity contribution in [3.63, 3.8) is 0 Å². The average Bonchev–Trinajstić information content (AvgIpc) is 3.22. The lowest BCUT2D eigenvalue weighted by Gasteiger charge is -2.33. The molecule has 4 rings (SSSR count). The number of halogens is 2. The van der Waals surface area contributed by atoms with E-state index in [4.69, 9.17) is 9.26 Å². The lowest BCUT2D eigenvalue weighted by atomic mass is 10.2. The molecule has 0 spiro atoms. The molecule has 11 heteroatoms. The minimum absolute atomic E-state index is 0.165. The van der Waals surface area contributed by atoms with Crippen molar-refractivity contribution in [2.45, 2.75) is 11.4 Å². The van der Waals surface area contributed by atoms with Crippen LogP contribution in [0.3, 0.4) is 0 Å². The molecule has 3 aromatic rings. The summed E-state index contributed by atoms with van der Waals surface area (Å²) in [5, 5.41) is 3.99. The van der Waals surface area contributed by atoms with Crippen LogP contribution in [-0.2, 0) is 16.6 Å². The number of rotatable bonds is 6. The summed E-state index contributed by atoms with van der Waals surface area (Å²) < 4.78 is 64.1. The first-order chi connectivity index (χ1) is 14.9. The molecule has 0 atom stereocenters. The summed E-state index contributed by atoms with van der Waals surface area (Å²) in [5.74, 6) is -0.340. The highest BCUT2D eigenvalue weighted by molar-refractivity contribution is 7.89. The molecule has 2 aromatic carbocycles. The highest BCUT2D eigenvalue weighted by Crippen LogP contribution is 2.23. The van der Waals surface area contributed by atoms with Gasteiger partial charge in [0.05, 0.1) is 13.7 Å². The third kappa shape index (κ3) is 4.58. The molecule has 0 N–H and O–H groups in total. The average molecular weight is 450 g/mol. The Morgan fingerprint density at radius 3 is 2.42 bits per heavy atom. The number of hydrogen-bond donors (Lipinski definition) is 0. The maximum atomic E-state index is 14.0. The molecule has 0 radical (unpaired) electrons. The van der Waals surface area contributed by atoms with Gasteiger partial charge in [-0.05, 0) is 36.4 Å². The summed E-state index contributed by atoms with van der Waals surface area (Å²) in [6.07, 6.45) is 0. The minimum Gasteiger partial charge on any atom is -0.497 e. The number of nitrogens with zero attached hydrogens (tertiary/aromatic N) is 4. The number of piperazine rings is 1. The second-order valence-corrected chi connectivity index (χ2v) is 8.90. The van der Waals surface area contributed by atoms with Crippen LogP contribution in [0.1, 0.15) is 5.89 Å². The SMILES string of the molecule is COc1ccc(-c2noc(CN3CCN(S(=O)(=O)c4ccc(F)cc4F)CC3)n2)cc1. The summed E-state index contributed by atoms with van der Waals surface area (Å²) in [4.78, 5) is 5.83. The van der Waals surface area contributed by atoms with Crippen LogP contribution in [-0.4, -0.2) is 61.1 Å². The molecule has 1 aliphatic rings. The van der Waals surface area contributed by atoms with E-state index in [2.05, 4.69) is 10.1 Å². The number of aromatic nitrogens is 2. The fourth-order valence-corrected chi connectivity index (χ4v) is 4.79. The van der Waals surface area contributed by atoms with Crippen molar-refractivity contribution in [3.05, 3.63) is 60.0 Å². The minimum atomic E-state index is -4.04. The van der Waals surface area contributed by atoms with Gasteiger partial charge < -0.3 is 9.26 Å². The van der Waals surface area contributed by atoms with Gasteiger partial charge in [-0.3, -0.25) is 4.90 Å². The first kappa shape index (κ1) is 21.3. The second kappa shape index (κ2) is 8.69. The molecule has 1 saturated heterocycles. The van der Waals surface area contributed by atoms with E-state index < -0.39 is 26.6 Å². The topological polar surface area (TPSA) is 88.8 Å². The van der Waals surface area contributed by atoms with Gasteiger partial charge >= 0.3 is 0 Å². The Balaban J connectivity index is 1.37. The van der Waals surface area contributed by atoms with Gasteiger partial charge in [0.2, 0.25) is 21.7 Å². The summed E-state index contributed by atoms with van der Waals surface area (Å²) >= 11 is 0. The molecule has 2 heterocycles. The van der Waals surface area contributed by atoms with Gasteiger partial charge in [-0.1, -0.05) is 5.16 Å². The zero-order chi connectivity index (χ0) is 22.0. The predicted molar refractivity (Wildman–Crippen MR) is 107 cm³/mol. The van der Waals surface area contributed by atoms with E-state index in [9.17, 15) is 17.2 Å². The first-order valence-corrected chi connectivity index (χ1v) is 11.0. The second-order valence-electron chi connectivity index (χ2n) is 7.00. The molecule has 164 valence electrons. The number of benzene rings is 2. The molecule has 0 saturated carbocycles. The fraction of sp³-hybridized carbons (Fsp3) is 0.300. The number of hydrogen-bond acceptors (Lipinski definition) is 7. The van der Waals surface area contributed by atoms with E-state index in [1.54, 1.807) is 19.2 Å². The van der Waals surface area contributed by atoms with Crippen molar-refractivity contribution in [1.82, 2.24) is 19.3 Å². The molecule has 8 nitrogen and oxygen atoms in total. The Hall–Kier alpha value is -2.89. The molecule has 0 amide bonds. The summed E-state index contributed by atoms with van der Waals surface area (Å²) in [6.45, 7) is 1.50. The zero-order valence-corrected chi connectivity index (χ0v) is 17.5. The molecular formula is C20H20F2N4O4S. The van der Waals surface area contributed by atoms with E-state index in [1.807, 2.05) is 17.0 Å². The van der Waals surface area contributed by atoms with Crippen LogP contribution in [0, 0.1) is 11.6 Å². The normalized spacial score (nSPS) is 15.8. The van der Waals surface area contributed by atoms with E-state index in [1.165, 1.54) is 4.31 Å². The van der Waals surface area contributed by atoms with Crippen molar-refractivity contribution >= 4 is 10.0 Å². The monoisotopic (exact) mass is 450 g/mol. The quantitative estimate of drug-likeness (QED) is 0.570. The lowest BCUT2D eigenvalue weighted by Crippen LogP contribution is -2.48. The molecule has 31 heavy (non-hydrogen) atoms. The predicted octanol–water partition coefficient (Wildman–Crippen LogP) is 2.53. The van der Waals surface area contributed by atoms with Crippen molar-refractivity contribution in [2.75, 3.05) is 33.3 Å². The number of methoxy groups -OCH3 is 1. The maximum Gasteiger partial charge on any atom is 0.246 e. The third-order valence-electron chi connectivity index (χ3n) is 5.02. The Bertz CT molecular complexity index is 1160. The first-order valence-electron chi connectivity index (χ1n) is 9.51. The van der Waals surface area contributed by atoms with Gasteiger partial charge in [-0.2, -0.15) is 9.29 Å². The molecular weight excluding hydrogens is 430 g/mol. The molecule has 0 bridgehead atoms. The Labute approximate surface area is 178 Å². The highest BCUT2D eigenvalue weighted by Gasteiger charge is 2.31. The Morgan fingerprint density at radius 2 is 1.77 bits per heavy atom. The highest BCUT2D eigenvalue weighted by atomic mass is 32.2. The van der Waals surface area contributed by atoms with Crippen LogP contribution < -0.4 is 4.74 Å². The summed E-state index contributed by atoms with van der Waals surface area (Å²) in [7, 11) is -2.45. The Morgan fingerprint density at radius 1 is 1.06 bits per heavy atom. The van der Waals surface area contributed by atoms with E-state index in [0.717, 1.165) is 23.4 Å². The van der Waals surface area contributed by atoms with Gasteiger partial charge in [0.25, 0.3) is 0 Å². The lowest BCUT2D eigenvalue weighted by molar-refractivity contribution is 0.163. The van der Waals surface area contributed by atoms with Crippen LogP contribution in [0.25, 0.3) is 11.4 Å². The Kier molecular flexibility index (Phi) is 5.99. The van der Waals surface area contributed by atoms with Crippen molar-refractivity contribution in [1.29, 1.82) is 0 Å². The molecule has 1 aliphatic heterocycles. The van der Waals surface area contributed by atoms with E-state index >= 15 is 0 Å². The number of sulfonamides is 1. The van der Waals surface area contributed by atoms with E-state index in [-0.39, 0.29) is 13.1 Å². The van der Waals surface area contributed by atoms with Gasteiger partial charge in [0.15, 0.2) is 0 Å². The smallest absolute Gasteiger partial charge is 0.246 e. The van der Waals surface area contributed by atoms with Crippen LogP contribution >= 0.6 is 0 Å². The van der Waals surface area contributed by atoms with Gasteiger partial charge in [-0.15, -0.1) is 0 Å². The largest absolute Gasteiger partial charge is 0.497 e. The molecule has 0 unspecified atom stereocenters. The van der Waals surface area contributed by atoms with Gasteiger partial charge in [-0.25, -0.2) is 17.2 Å². The molecule has 0 aliphatic carbocycles. The summed E-state index contributed by atoms with van der Waals surface area (Å²) in [5.41, 5.74) is 0.785. The van der Waals surface area contributed by atoms with Crippen molar-refractivity contribution < 1.29 is 26.5 Å². The standard InChI is InChI=1S/C20H20F2N4O4S/c1-29-16-5-2-14(3-6-16)20-23-19(30-24-20)13-25-8-10-26(11-9-25)31(27,28)18-7-4-15(21)12-17(18)22/h2-7,12H,8-11,13H2,1H3. The van der Waals surface area contributed by atoms with Gasteiger partial charge in [0, 0.05) is 37.8 Å². The van der Waals surface area contributed by atoms with Crippen LogP contribution in [0.15, 0.2) is 51.9 Å². The van der Waals surface area contributed by atoms with Crippen molar-refractivity contribution in [3.8, 4) is 17.1 Å². The zero-order valence-electron chi connectivity index (χ0n) is 16.7. The van der Waals surface area contributed by atoms with Gasteiger partial charge in [0.1, 0.15) is 22.3 Å².